The van der Waals surface area contributed by atoms with Gasteiger partial charge in [0.1, 0.15) is 12.2 Å². The summed E-state index contributed by atoms with van der Waals surface area (Å²) in [5.74, 6) is -1.64. The molecule has 0 unspecified atom stereocenters. The van der Waals surface area contributed by atoms with Crippen LogP contribution in [0.5, 0.6) is 0 Å². The number of hydrogen-bond acceptors (Lipinski definition) is 5. The number of ether oxygens (including phenoxy) is 1. The van der Waals surface area contributed by atoms with Crippen LogP contribution in [0.1, 0.15) is 103 Å². The molecule has 6 heteroatoms. The molecule has 0 aliphatic heterocycles. The predicted molar refractivity (Wildman–Crippen MR) is 113 cm³/mol. The average molecular weight is 413 g/mol. The SMILES string of the molecule is CCCCCCCCCCCCCCCC(=O)O[C@@H]1C=C(C(=O)O)C[C@@H](O)[C@@H]1O. The topological polar surface area (TPSA) is 104 Å². The Morgan fingerprint density at radius 1 is 0.897 bits per heavy atom. The van der Waals surface area contributed by atoms with Gasteiger partial charge >= 0.3 is 11.9 Å². The molecule has 0 saturated carbocycles. The van der Waals surface area contributed by atoms with Crippen LogP contribution in [0.25, 0.3) is 0 Å². The van der Waals surface area contributed by atoms with Crippen molar-refractivity contribution in [3.05, 3.63) is 11.6 Å². The standard InChI is InChI=1S/C23H40O6/c1-2-3-4-5-6-7-8-9-10-11-12-13-14-15-21(25)29-20-17-18(23(27)28)16-19(24)22(20)26/h17,19-20,22,24,26H,2-16H2,1H3,(H,27,28)/t19-,20-,22+/m1/s1. The van der Waals surface area contributed by atoms with Gasteiger partial charge in [-0.25, -0.2) is 4.79 Å². The Bertz CT molecular complexity index is 502. The lowest BCUT2D eigenvalue weighted by Crippen LogP contribution is -2.43. The van der Waals surface area contributed by atoms with Gasteiger partial charge in [-0.15, -0.1) is 0 Å². The third-order valence-electron chi connectivity index (χ3n) is 5.55. The van der Waals surface area contributed by atoms with E-state index < -0.39 is 30.3 Å². The molecule has 1 aliphatic rings. The van der Waals surface area contributed by atoms with Crippen LogP contribution in [0, 0.1) is 0 Å². The third-order valence-corrected chi connectivity index (χ3v) is 5.55. The van der Waals surface area contributed by atoms with E-state index in [0.29, 0.717) is 0 Å². The first-order valence-electron chi connectivity index (χ1n) is 11.4. The second-order valence-corrected chi connectivity index (χ2v) is 8.21. The summed E-state index contributed by atoms with van der Waals surface area (Å²) in [6.45, 7) is 2.24. The molecular weight excluding hydrogens is 372 g/mol. The van der Waals surface area contributed by atoms with E-state index in [1.807, 2.05) is 0 Å². The van der Waals surface area contributed by atoms with E-state index in [2.05, 4.69) is 6.92 Å². The van der Waals surface area contributed by atoms with Gasteiger partial charge in [0.15, 0.2) is 0 Å². The molecule has 0 aromatic rings. The lowest BCUT2D eigenvalue weighted by molar-refractivity contribution is -0.157. The molecule has 0 heterocycles. The van der Waals surface area contributed by atoms with Crippen molar-refractivity contribution in [2.24, 2.45) is 0 Å². The molecule has 0 spiro atoms. The number of carboxylic acids is 1. The fourth-order valence-electron chi connectivity index (χ4n) is 3.69. The minimum atomic E-state index is -1.28. The molecule has 1 aliphatic carbocycles. The maximum atomic E-state index is 11.9. The first-order valence-corrected chi connectivity index (χ1v) is 11.4. The summed E-state index contributed by atoms with van der Waals surface area (Å²) in [4.78, 5) is 23.0. The summed E-state index contributed by atoms with van der Waals surface area (Å²) in [6.07, 6.45) is 13.6. The number of aliphatic hydroxyl groups is 2. The minimum Gasteiger partial charge on any atom is -0.478 e. The molecule has 3 atom stereocenters. The Hall–Kier alpha value is -1.40. The number of carbonyl (C=O) groups is 2. The Labute approximate surface area is 175 Å². The van der Waals surface area contributed by atoms with Crippen LogP contribution >= 0.6 is 0 Å². The van der Waals surface area contributed by atoms with Gasteiger partial charge in [-0.2, -0.15) is 0 Å². The molecule has 1 rings (SSSR count). The maximum absolute atomic E-state index is 11.9. The van der Waals surface area contributed by atoms with E-state index in [1.54, 1.807) is 0 Å². The van der Waals surface area contributed by atoms with Gasteiger partial charge in [-0.1, -0.05) is 84.0 Å². The highest BCUT2D eigenvalue weighted by molar-refractivity contribution is 5.87. The van der Waals surface area contributed by atoms with Gasteiger partial charge in [-0.3, -0.25) is 4.79 Å². The van der Waals surface area contributed by atoms with Crippen molar-refractivity contribution >= 4 is 11.9 Å². The van der Waals surface area contributed by atoms with Crippen LogP contribution in [0.15, 0.2) is 11.6 Å². The molecule has 0 radical (unpaired) electrons. The van der Waals surface area contributed by atoms with E-state index in [-0.39, 0.29) is 18.4 Å². The van der Waals surface area contributed by atoms with Gasteiger partial charge in [0.25, 0.3) is 0 Å². The minimum absolute atomic E-state index is 0.0402. The highest BCUT2D eigenvalue weighted by Gasteiger charge is 2.34. The van der Waals surface area contributed by atoms with Crippen LogP contribution in [-0.2, 0) is 14.3 Å². The summed E-state index contributed by atoms with van der Waals surface area (Å²) in [6, 6.07) is 0. The number of hydrogen-bond donors (Lipinski definition) is 3. The van der Waals surface area contributed by atoms with Gasteiger partial charge in [0, 0.05) is 18.4 Å². The number of esters is 1. The summed E-state index contributed by atoms with van der Waals surface area (Å²) in [7, 11) is 0. The van der Waals surface area contributed by atoms with Crippen molar-refractivity contribution in [2.45, 2.75) is 122 Å². The van der Waals surface area contributed by atoms with Crippen molar-refractivity contribution in [1.29, 1.82) is 0 Å². The van der Waals surface area contributed by atoms with Crippen molar-refractivity contribution in [3.63, 3.8) is 0 Å². The quantitative estimate of drug-likeness (QED) is 0.254. The van der Waals surface area contributed by atoms with Crippen molar-refractivity contribution < 1.29 is 29.6 Å². The first kappa shape index (κ1) is 25.6. The maximum Gasteiger partial charge on any atom is 0.331 e. The van der Waals surface area contributed by atoms with Crippen LogP contribution in [0.3, 0.4) is 0 Å². The second kappa shape index (κ2) is 15.4. The summed E-state index contributed by atoms with van der Waals surface area (Å²) < 4.78 is 5.17. The molecular formula is C23H40O6. The van der Waals surface area contributed by atoms with Crippen LogP contribution in [0.4, 0.5) is 0 Å². The Kier molecular flexibility index (Phi) is 13.7. The average Bonchev–Trinajstić information content (AvgIpc) is 2.68. The van der Waals surface area contributed by atoms with Crippen molar-refractivity contribution in [3.8, 4) is 0 Å². The van der Waals surface area contributed by atoms with Crippen LogP contribution in [0.2, 0.25) is 0 Å². The molecule has 0 aromatic heterocycles. The van der Waals surface area contributed by atoms with E-state index >= 15 is 0 Å². The van der Waals surface area contributed by atoms with Gasteiger partial charge in [0.05, 0.1) is 6.10 Å². The number of rotatable bonds is 16. The largest absolute Gasteiger partial charge is 0.478 e. The fourth-order valence-corrected chi connectivity index (χ4v) is 3.69. The zero-order valence-corrected chi connectivity index (χ0v) is 18.0. The zero-order chi connectivity index (χ0) is 21.5. The Morgan fingerprint density at radius 3 is 1.86 bits per heavy atom. The van der Waals surface area contributed by atoms with Gasteiger partial charge in [-0.05, 0) is 12.5 Å². The number of carbonyl (C=O) groups excluding carboxylic acids is 1. The van der Waals surface area contributed by atoms with E-state index in [9.17, 15) is 19.8 Å². The Balaban J connectivity index is 2.04. The molecule has 0 fully saturated rings. The molecule has 29 heavy (non-hydrogen) atoms. The molecule has 3 N–H and O–H groups in total. The first-order chi connectivity index (χ1) is 14.0. The summed E-state index contributed by atoms with van der Waals surface area (Å²) in [5, 5.41) is 28.7. The van der Waals surface area contributed by atoms with Crippen molar-refractivity contribution in [1.82, 2.24) is 0 Å². The number of aliphatic hydroxyl groups excluding tert-OH is 2. The zero-order valence-electron chi connectivity index (χ0n) is 18.0. The van der Waals surface area contributed by atoms with Gasteiger partial charge < -0.3 is 20.1 Å². The Morgan fingerprint density at radius 2 is 1.38 bits per heavy atom. The molecule has 0 aromatic carbocycles. The van der Waals surface area contributed by atoms with E-state index in [1.165, 1.54) is 70.3 Å². The predicted octanol–water partition coefficient (Wildman–Crippen LogP) is 4.52. The number of carboxylic acid groups (broad SMARTS) is 1. The monoisotopic (exact) mass is 412 g/mol. The normalized spacial score (nSPS) is 21.6. The van der Waals surface area contributed by atoms with E-state index in [0.717, 1.165) is 19.3 Å². The number of aliphatic carboxylic acids is 1. The van der Waals surface area contributed by atoms with Crippen LogP contribution in [-0.4, -0.2) is 45.6 Å². The fraction of sp³-hybridized carbons (Fsp3) is 0.826. The van der Waals surface area contributed by atoms with Crippen LogP contribution < -0.4 is 0 Å². The lowest BCUT2D eigenvalue weighted by atomic mass is 9.92. The molecule has 168 valence electrons. The number of unbranched alkanes of at least 4 members (excludes halogenated alkanes) is 12. The smallest absolute Gasteiger partial charge is 0.331 e. The molecule has 0 amide bonds. The summed E-state index contributed by atoms with van der Waals surface area (Å²) in [5.41, 5.74) is -0.0402. The van der Waals surface area contributed by atoms with Gasteiger partial charge in [0.2, 0.25) is 0 Å². The highest BCUT2D eigenvalue weighted by atomic mass is 16.6. The summed E-state index contributed by atoms with van der Waals surface area (Å²) >= 11 is 0. The van der Waals surface area contributed by atoms with E-state index in [4.69, 9.17) is 9.84 Å². The molecule has 0 bridgehead atoms. The third kappa shape index (κ3) is 11.4. The molecule has 0 saturated heterocycles. The van der Waals surface area contributed by atoms with Crippen molar-refractivity contribution in [2.75, 3.05) is 0 Å². The lowest BCUT2D eigenvalue weighted by Gasteiger charge is -2.29. The highest BCUT2D eigenvalue weighted by Crippen LogP contribution is 2.22. The second-order valence-electron chi connectivity index (χ2n) is 8.21. The molecule has 6 nitrogen and oxygen atoms in total.